The number of benzene rings is 1. The Morgan fingerprint density at radius 1 is 1.18 bits per heavy atom. The molecular weight excluding hydrogens is 236 g/mol. The maximum atomic E-state index is 5.81. The maximum Gasteiger partial charge on any atom is 0.215 e. The van der Waals surface area contributed by atoms with Gasteiger partial charge in [0.2, 0.25) is 5.88 Å². The van der Waals surface area contributed by atoms with Gasteiger partial charge in [0.15, 0.2) is 0 Å². The molecule has 0 fully saturated rings. The van der Waals surface area contributed by atoms with Crippen LogP contribution in [0.3, 0.4) is 0 Å². The smallest absolute Gasteiger partial charge is 0.215 e. The molecule has 0 atom stereocenters. The van der Waals surface area contributed by atoms with Crippen molar-refractivity contribution in [3.63, 3.8) is 0 Å². The Hall–Kier alpha value is -1.74. The van der Waals surface area contributed by atoms with Crippen molar-refractivity contribution in [1.82, 2.24) is 4.98 Å². The molecule has 0 aliphatic carbocycles. The summed E-state index contributed by atoms with van der Waals surface area (Å²) in [6.45, 7) is 0.483. The van der Waals surface area contributed by atoms with Gasteiger partial charge in [-0.1, -0.05) is 29.8 Å². The summed E-state index contributed by atoms with van der Waals surface area (Å²) in [7, 11) is 1.82. The van der Waals surface area contributed by atoms with Gasteiger partial charge in [0.1, 0.15) is 12.4 Å². The molecule has 0 spiro atoms. The third-order valence-corrected chi connectivity index (χ3v) is 2.53. The second-order valence-electron chi connectivity index (χ2n) is 3.53. The largest absolute Gasteiger partial charge is 0.473 e. The van der Waals surface area contributed by atoms with Gasteiger partial charge in [0.25, 0.3) is 0 Å². The number of pyridine rings is 1. The van der Waals surface area contributed by atoms with Crippen molar-refractivity contribution in [3.8, 4) is 5.88 Å². The van der Waals surface area contributed by atoms with Gasteiger partial charge in [0.05, 0.1) is 0 Å². The van der Waals surface area contributed by atoms with E-state index in [2.05, 4.69) is 10.3 Å². The number of rotatable bonds is 4. The first-order valence-corrected chi connectivity index (χ1v) is 5.68. The highest BCUT2D eigenvalue weighted by atomic mass is 35.5. The molecule has 0 saturated heterocycles. The van der Waals surface area contributed by atoms with Gasteiger partial charge in [-0.05, 0) is 23.8 Å². The molecule has 0 bridgehead atoms. The topological polar surface area (TPSA) is 34.1 Å². The summed E-state index contributed by atoms with van der Waals surface area (Å²) in [5, 5.41) is 3.69. The minimum Gasteiger partial charge on any atom is -0.473 e. The van der Waals surface area contributed by atoms with E-state index < -0.39 is 0 Å². The van der Waals surface area contributed by atoms with Crippen molar-refractivity contribution < 1.29 is 4.74 Å². The van der Waals surface area contributed by atoms with E-state index in [4.69, 9.17) is 16.3 Å². The molecule has 0 unspecified atom stereocenters. The molecule has 1 aromatic carbocycles. The molecule has 1 N–H and O–H groups in total. The fraction of sp³-hybridized carbons (Fsp3) is 0.154. The van der Waals surface area contributed by atoms with E-state index in [1.54, 1.807) is 0 Å². The summed E-state index contributed by atoms with van der Waals surface area (Å²) in [4.78, 5) is 4.26. The Bertz CT molecular complexity index is 485. The maximum absolute atomic E-state index is 5.81. The van der Waals surface area contributed by atoms with E-state index >= 15 is 0 Å². The number of nitrogens with one attached hydrogen (secondary N) is 1. The summed E-state index contributed by atoms with van der Waals surface area (Å²) in [6.07, 6.45) is 0. The molecule has 3 nitrogen and oxygen atoms in total. The lowest BCUT2D eigenvalue weighted by molar-refractivity contribution is 0.294. The number of hydrogen-bond donors (Lipinski definition) is 1. The van der Waals surface area contributed by atoms with E-state index in [0.717, 1.165) is 16.4 Å². The summed E-state index contributed by atoms with van der Waals surface area (Å²) in [5.41, 5.74) is 1.06. The average Bonchev–Trinajstić information content (AvgIpc) is 2.38. The first kappa shape index (κ1) is 11.7. The lowest BCUT2D eigenvalue weighted by Gasteiger charge is -2.06. The number of hydrogen-bond acceptors (Lipinski definition) is 3. The van der Waals surface area contributed by atoms with Crippen LogP contribution in [0, 0.1) is 0 Å². The molecule has 0 aliphatic heterocycles. The minimum absolute atomic E-state index is 0.483. The molecule has 0 saturated carbocycles. The third kappa shape index (κ3) is 3.36. The van der Waals surface area contributed by atoms with Crippen molar-refractivity contribution in [2.45, 2.75) is 6.61 Å². The van der Waals surface area contributed by atoms with Crippen LogP contribution in [0.15, 0.2) is 42.5 Å². The van der Waals surface area contributed by atoms with Crippen molar-refractivity contribution in [2.24, 2.45) is 0 Å². The standard InChI is InChI=1S/C13H13ClN2O/c1-15-12-3-2-4-13(16-12)17-9-10-5-7-11(14)8-6-10/h2-8H,9H2,1H3,(H,15,16). The molecule has 0 aliphatic rings. The predicted molar refractivity (Wildman–Crippen MR) is 69.6 cm³/mol. The van der Waals surface area contributed by atoms with Crippen LogP contribution in [-0.4, -0.2) is 12.0 Å². The fourth-order valence-corrected chi connectivity index (χ4v) is 1.50. The third-order valence-electron chi connectivity index (χ3n) is 2.28. The van der Waals surface area contributed by atoms with Crippen LogP contribution in [0.4, 0.5) is 5.82 Å². The van der Waals surface area contributed by atoms with Crippen molar-refractivity contribution in [2.75, 3.05) is 12.4 Å². The van der Waals surface area contributed by atoms with Crippen LogP contribution >= 0.6 is 11.6 Å². The van der Waals surface area contributed by atoms with Gasteiger partial charge in [-0.3, -0.25) is 0 Å². The van der Waals surface area contributed by atoms with Crippen LogP contribution in [0.2, 0.25) is 5.02 Å². The molecule has 17 heavy (non-hydrogen) atoms. The number of halogens is 1. The number of ether oxygens (including phenoxy) is 1. The molecule has 0 amide bonds. The van der Waals surface area contributed by atoms with E-state index in [1.807, 2.05) is 49.5 Å². The van der Waals surface area contributed by atoms with Gasteiger partial charge in [-0.2, -0.15) is 4.98 Å². The van der Waals surface area contributed by atoms with E-state index in [9.17, 15) is 0 Å². The van der Waals surface area contributed by atoms with Gasteiger partial charge >= 0.3 is 0 Å². The highest BCUT2D eigenvalue weighted by molar-refractivity contribution is 6.30. The Labute approximate surface area is 105 Å². The second-order valence-corrected chi connectivity index (χ2v) is 3.96. The molecule has 1 aromatic heterocycles. The summed E-state index contributed by atoms with van der Waals surface area (Å²) in [6, 6.07) is 13.2. The molecular formula is C13H13ClN2O. The highest BCUT2D eigenvalue weighted by Gasteiger charge is 1.98. The van der Waals surface area contributed by atoms with Crippen molar-refractivity contribution in [1.29, 1.82) is 0 Å². The number of anilines is 1. The zero-order valence-corrected chi connectivity index (χ0v) is 10.2. The number of nitrogens with zero attached hydrogens (tertiary/aromatic N) is 1. The molecule has 0 radical (unpaired) electrons. The monoisotopic (exact) mass is 248 g/mol. The lowest BCUT2D eigenvalue weighted by Crippen LogP contribution is -1.99. The highest BCUT2D eigenvalue weighted by Crippen LogP contribution is 2.14. The van der Waals surface area contributed by atoms with Gasteiger partial charge < -0.3 is 10.1 Å². The first-order chi connectivity index (χ1) is 8.28. The normalized spacial score (nSPS) is 10.0. The van der Waals surface area contributed by atoms with Crippen molar-refractivity contribution in [3.05, 3.63) is 53.1 Å². The number of aromatic nitrogens is 1. The molecule has 1 heterocycles. The molecule has 2 aromatic rings. The zero-order valence-electron chi connectivity index (χ0n) is 9.48. The summed E-state index contributed by atoms with van der Waals surface area (Å²) in [5.74, 6) is 1.39. The Morgan fingerprint density at radius 2 is 1.94 bits per heavy atom. The van der Waals surface area contributed by atoms with Gasteiger partial charge in [-0.25, -0.2) is 0 Å². The van der Waals surface area contributed by atoms with Crippen LogP contribution < -0.4 is 10.1 Å². The van der Waals surface area contributed by atoms with E-state index in [-0.39, 0.29) is 0 Å². The lowest BCUT2D eigenvalue weighted by atomic mass is 10.2. The molecule has 4 heteroatoms. The van der Waals surface area contributed by atoms with Gasteiger partial charge in [-0.15, -0.1) is 0 Å². The van der Waals surface area contributed by atoms with Crippen LogP contribution in [-0.2, 0) is 6.61 Å². The van der Waals surface area contributed by atoms with Crippen LogP contribution in [0.1, 0.15) is 5.56 Å². The minimum atomic E-state index is 0.483. The SMILES string of the molecule is CNc1cccc(OCc2ccc(Cl)cc2)n1. The van der Waals surface area contributed by atoms with Crippen LogP contribution in [0.5, 0.6) is 5.88 Å². The molecule has 88 valence electrons. The summed E-state index contributed by atoms with van der Waals surface area (Å²) < 4.78 is 5.58. The molecule has 2 rings (SSSR count). The Balaban J connectivity index is 1.99. The fourth-order valence-electron chi connectivity index (χ4n) is 1.37. The Kier molecular flexibility index (Phi) is 3.83. The quantitative estimate of drug-likeness (QED) is 0.901. The summed E-state index contributed by atoms with van der Waals surface area (Å²) >= 11 is 5.81. The average molecular weight is 249 g/mol. The van der Waals surface area contributed by atoms with Gasteiger partial charge in [0, 0.05) is 18.1 Å². The zero-order chi connectivity index (χ0) is 12.1. The van der Waals surface area contributed by atoms with Crippen molar-refractivity contribution >= 4 is 17.4 Å². The predicted octanol–water partition coefficient (Wildman–Crippen LogP) is 3.36. The first-order valence-electron chi connectivity index (χ1n) is 5.30. The van der Waals surface area contributed by atoms with E-state index in [1.165, 1.54) is 0 Å². The van der Waals surface area contributed by atoms with E-state index in [0.29, 0.717) is 12.5 Å². The Morgan fingerprint density at radius 3 is 2.65 bits per heavy atom. The second kappa shape index (κ2) is 5.55. The van der Waals surface area contributed by atoms with Crippen LogP contribution in [0.25, 0.3) is 0 Å².